The number of carboxylic acid groups (broad SMARTS) is 1. The molecule has 0 saturated heterocycles. The largest absolute Gasteiger partial charge is 0.476 e. The van der Waals surface area contributed by atoms with E-state index in [0.29, 0.717) is 5.69 Å². The standard InChI is InChI=1S/C13H11N3O3S/c1-20-9-4-2-3-8(7-9)16-12(17)10-11(13(18)19)15-6-5-14-10/h2-7H,1H3,(H,16,17)(H,18,19). The topological polar surface area (TPSA) is 92.2 Å². The van der Waals surface area contributed by atoms with E-state index in [-0.39, 0.29) is 11.4 Å². The highest BCUT2D eigenvalue weighted by molar-refractivity contribution is 7.98. The second-order valence-electron chi connectivity index (χ2n) is 3.74. The Hall–Kier alpha value is -2.41. The molecule has 0 unspecified atom stereocenters. The maximum absolute atomic E-state index is 12.1. The highest BCUT2D eigenvalue weighted by atomic mass is 32.2. The minimum atomic E-state index is -1.29. The molecule has 2 N–H and O–H groups in total. The van der Waals surface area contributed by atoms with Crippen molar-refractivity contribution in [3.8, 4) is 0 Å². The van der Waals surface area contributed by atoms with Gasteiger partial charge in [0.2, 0.25) is 0 Å². The predicted octanol–water partition coefficient (Wildman–Crippen LogP) is 2.15. The summed E-state index contributed by atoms with van der Waals surface area (Å²) >= 11 is 1.54. The van der Waals surface area contributed by atoms with Crippen LogP contribution in [0.2, 0.25) is 0 Å². The number of nitrogens with zero attached hydrogens (tertiary/aromatic N) is 2. The van der Waals surface area contributed by atoms with Crippen molar-refractivity contribution in [1.82, 2.24) is 9.97 Å². The quantitative estimate of drug-likeness (QED) is 0.838. The number of hydrogen-bond donors (Lipinski definition) is 2. The van der Waals surface area contributed by atoms with Gasteiger partial charge in [0.1, 0.15) is 0 Å². The Morgan fingerprint density at radius 2 is 1.90 bits per heavy atom. The van der Waals surface area contributed by atoms with E-state index < -0.39 is 11.9 Å². The molecular weight excluding hydrogens is 278 g/mol. The number of carbonyl (C=O) groups is 2. The first-order valence-electron chi connectivity index (χ1n) is 5.61. The van der Waals surface area contributed by atoms with Gasteiger partial charge in [0.05, 0.1) is 0 Å². The molecule has 0 aliphatic heterocycles. The molecule has 6 nitrogen and oxygen atoms in total. The summed E-state index contributed by atoms with van der Waals surface area (Å²) in [6, 6.07) is 7.22. The van der Waals surface area contributed by atoms with Crippen LogP contribution < -0.4 is 5.32 Å². The second kappa shape index (κ2) is 6.16. The molecule has 0 radical (unpaired) electrons. The molecule has 7 heteroatoms. The molecule has 1 aromatic heterocycles. The van der Waals surface area contributed by atoms with Gasteiger partial charge >= 0.3 is 5.97 Å². The number of hydrogen-bond acceptors (Lipinski definition) is 5. The first-order valence-corrected chi connectivity index (χ1v) is 6.84. The average Bonchev–Trinajstić information content (AvgIpc) is 2.47. The van der Waals surface area contributed by atoms with E-state index in [4.69, 9.17) is 5.11 Å². The predicted molar refractivity (Wildman–Crippen MR) is 75.2 cm³/mol. The molecule has 0 fully saturated rings. The van der Waals surface area contributed by atoms with Gasteiger partial charge in [-0.3, -0.25) is 4.79 Å². The van der Waals surface area contributed by atoms with Crippen LogP contribution in [0.15, 0.2) is 41.6 Å². The van der Waals surface area contributed by atoms with Gasteiger partial charge in [-0.15, -0.1) is 11.8 Å². The third kappa shape index (κ3) is 3.12. The zero-order valence-corrected chi connectivity index (χ0v) is 11.3. The van der Waals surface area contributed by atoms with Gasteiger partial charge in [-0.1, -0.05) is 6.07 Å². The number of aromatic nitrogens is 2. The van der Waals surface area contributed by atoms with Crippen LogP contribution in [-0.2, 0) is 0 Å². The Labute approximate surface area is 119 Å². The third-order valence-corrected chi connectivity index (χ3v) is 3.17. The van der Waals surface area contributed by atoms with Crippen LogP contribution in [0.5, 0.6) is 0 Å². The van der Waals surface area contributed by atoms with Crippen molar-refractivity contribution < 1.29 is 14.7 Å². The maximum Gasteiger partial charge on any atom is 0.356 e. The Morgan fingerprint density at radius 1 is 1.20 bits per heavy atom. The van der Waals surface area contributed by atoms with Crippen molar-refractivity contribution in [1.29, 1.82) is 0 Å². The number of carboxylic acids is 1. The zero-order chi connectivity index (χ0) is 14.5. The molecule has 2 aromatic rings. The van der Waals surface area contributed by atoms with Crippen LogP contribution in [0, 0.1) is 0 Å². The SMILES string of the molecule is CSc1cccc(NC(=O)c2nccnc2C(=O)O)c1. The fourth-order valence-corrected chi connectivity index (χ4v) is 2.01. The Morgan fingerprint density at radius 3 is 2.55 bits per heavy atom. The lowest BCUT2D eigenvalue weighted by molar-refractivity contribution is 0.0685. The van der Waals surface area contributed by atoms with E-state index >= 15 is 0 Å². The lowest BCUT2D eigenvalue weighted by Gasteiger charge is -2.07. The molecule has 1 aromatic carbocycles. The minimum absolute atomic E-state index is 0.213. The van der Waals surface area contributed by atoms with E-state index in [0.717, 1.165) is 4.90 Å². The van der Waals surface area contributed by atoms with E-state index in [2.05, 4.69) is 15.3 Å². The highest BCUT2D eigenvalue weighted by Gasteiger charge is 2.19. The molecule has 0 spiro atoms. The lowest BCUT2D eigenvalue weighted by Crippen LogP contribution is -2.19. The summed E-state index contributed by atoms with van der Waals surface area (Å²) in [4.78, 5) is 31.5. The highest BCUT2D eigenvalue weighted by Crippen LogP contribution is 2.19. The van der Waals surface area contributed by atoms with E-state index in [1.54, 1.807) is 30.0 Å². The monoisotopic (exact) mass is 289 g/mol. The number of carbonyl (C=O) groups excluding carboxylic acids is 1. The molecule has 0 atom stereocenters. The van der Waals surface area contributed by atoms with Crippen molar-refractivity contribution in [2.24, 2.45) is 0 Å². The van der Waals surface area contributed by atoms with E-state index in [9.17, 15) is 9.59 Å². The van der Waals surface area contributed by atoms with E-state index in [1.165, 1.54) is 12.4 Å². The van der Waals surface area contributed by atoms with Crippen LogP contribution in [0.4, 0.5) is 5.69 Å². The van der Waals surface area contributed by atoms with Crippen LogP contribution in [0.1, 0.15) is 21.0 Å². The summed E-state index contributed by atoms with van der Waals surface area (Å²) in [5.41, 5.74) is -0.00980. The van der Waals surface area contributed by atoms with Gasteiger partial charge in [-0.2, -0.15) is 0 Å². The number of aromatic carboxylic acids is 1. The molecule has 102 valence electrons. The van der Waals surface area contributed by atoms with Crippen LogP contribution in [0.3, 0.4) is 0 Å². The fraction of sp³-hybridized carbons (Fsp3) is 0.0769. The van der Waals surface area contributed by atoms with Crippen molar-refractivity contribution in [3.05, 3.63) is 48.0 Å². The average molecular weight is 289 g/mol. The zero-order valence-electron chi connectivity index (χ0n) is 10.5. The summed E-state index contributed by atoms with van der Waals surface area (Å²) in [5, 5.41) is 11.6. The Bertz CT molecular complexity index is 661. The first kappa shape index (κ1) is 14.0. The molecule has 1 amide bonds. The molecule has 0 aliphatic rings. The Balaban J connectivity index is 2.26. The van der Waals surface area contributed by atoms with Crippen LogP contribution in [-0.4, -0.2) is 33.2 Å². The van der Waals surface area contributed by atoms with Gasteiger partial charge in [-0.25, -0.2) is 14.8 Å². The van der Waals surface area contributed by atoms with Crippen LogP contribution >= 0.6 is 11.8 Å². The Kier molecular flexibility index (Phi) is 4.31. The van der Waals surface area contributed by atoms with Gasteiger partial charge < -0.3 is 10.4 Å². The summed E-state index contributed by atoms with van der Waals surface area (Å²) < 4.78 is 0. The number of anilines is 1. The van der Waals surface area contributed by atoms with E-state index in [1.807, 2.05) is 12.3 Å². The summed E-state index contributed by atoms with van der Waals surface area (Å²) in [5.74, 6) is -1.89. The summed E-state index contributed by atoms with van der Waals surface area (Å²) in [6.45, 7) is 0. The van der Waals surface area contributed by atoms with Gasteiger partial charge in [0.25, 0.3) is 5.91 Å². The molecule has 0 saturated carbocycles. The molecular formula is C13H11N3O3S. The van der Waals surface area contributed by atoms with Crippen molar-refractivity contribution >= 4 is 29.3 Å². The lowest BCUT2D eigenvalue weighted by atomic mass is 10.2. The van der Waals surface area contributed by atoms with Crippen molar-refractivity contribution in [3.63, 3.8) is 0 Å². The normalized spacial score (nSPS) is 10.1. The third-order valence-electron chi connectivity index (χ3n) is 2.44. The summed E-state index contributed by atoms with van der Waals surface area (Å²) in [6.07, 6.45) is 4.43. The number of amides is 1. The van der Waals surface area contributed by atoms with Gasteiger partial charge in [0.15, 0.2) is 11.4 Å². The second-order valence-corrected chi connectivity index (χ2v) is 4.62. The number of thioether (sulfide) groups is 1. The van der Waals surface area contributed by atoms with Crippen LogP contribution in [0.25, 0.3) is 0 Å². The molecule has 20 heavy (non-hydrogen) atoms. The number of benzene rings is 1. The molecule has 1 heterocycles. The van der Waals surface area contributed by atoms with Crippen molar-refractivity contribution in [2.45, 2.75) is 4.90 Å². The molecule has 0 aliphatic carbocycles. The minimum Gasteiger partial charge on any atom is -0.476 e. The maximum atomic E-state index is 12.1. The smallest absolute Gasteiger partial charge is 0.356 e. The van der Waals surface area contributed by atoms with Gasteiger partial charge in [-0.05, 0) is 24.5 Å². The van der Waals surface area contributed by atoms with Crippen molar-refractivity contribution in [2.75, 3.05) is 11.6 Å². The first-order chi connectivity index (χ1) is 9.61. The van der Waals surface area contributed by atoms with Gasteiger partial charge in [0, 0.05) is 23.0 Å². The molecule has 2 rings (SSSR count). The number of nitrogens with one attached hydrogen (secondary N) is 1. The molecule has 0 bridgehead atoms. The number of rotatable bonds is 4. The fourth-order valence-electron chi connectivity index (χ4n) is 1.55. The summed E-state index contributed by atoms with van der Waals surface area (Å²) in [7, 11) is 0.